The van der Waals surface area contributed by atoms with Gasteiger partial charge in [-0.25, -0.2) is 9.97 Å². The van der Waals surface area contributed by atoms with E-state index in [1.807, 2.05) is 42.8 Å². The number of amides is 1. The fraction of sp³-hybridized carbons (Fsp3) is 0.167. The molecule has 10 heteroatoms. The van der Waals surface area contributed by atoms with Gasteiger partial charge >= 0.3 is 0 Å². The smallest absolute Gasteiger partial charge is 0.236 e. The van der Waals surface area contributed by atoms with Crippen LogP contribution in [0.4, 0.5) is 5.13 Å². The zero-order chi connectivity index (χ0) is 19.5. The molecule has 0 saturated carbocycles. The van der Waals surface area contributed by atoms with Gasteiger partial charge in [-0.1, -0.05) is 17.8 Å². The molecule has 0 saturated heterocycles. The minimum atomic E-state index is -0.107. The Labute approximate surface area is 178 Å². The Balaban J connectivity index is 1.39. The van der Waals surface area contributed by atoms with Gasteiger partial charge in [-0.05, 0) is 37.4 Å². The van der Waals surface area contributed by atoms with Crippen molar-refractivity contribution < 1.29 is 4.79 Å². The molecule has 0 atom stereocenters. The molecule has 28 heavy (non-hydrogen) atoms. The lowest BCUT2D eigenvalue weighted by atomic mass is 10.3. The van der Waals surface area contributed by atoms with Gasteiger partial charge in [0.2, 0.25) is 5.91 Å². The molecule has 142 valence electrons. The summed E-state index contributed by atoms with van der Waals surface area (Å²) in [7, 11) is 0. The third-order valence-electron chi connectivity index (χ3n) is 3.62. The molecule has 0 aliphatic rings. The van der Waals surface area contributed by atoms with Crippen molar-refractivity contribution in [2.45, 2.75) is 18.9 Å². The number of thioether (sulfide) groups is 1. The number of carbonyl (C=O) groups is 1. The Kier molecular flexibility index (Phi) is 5.81. The van der Waals surface area contributed by atoms with Crippen LogP contribution in [0.3, 0.4) is 0 Å². The molecular weight excluding hydrogens is 431 g/mol. The van der Waals surface area contributed by atoms with E-state index in [1.165, 1.54) is 23.1 Å². The number of aryl methyl sites for hydroxylation is 2. The molecule has 4 aromatic rings. The van der Waals surface area contributed by atoms with E-state index in [9.17, 15) is 4.79 Å². The maximum absolute atomic E-state index is 12.0. The van der Waals surface area contributed by atoms with Crippen molar-refractivity contribution in [2.24, 2.45) is 0 Å². The number of anilines is 1. The Morgan fingerprint density at radius 2 is 2.04 bits per heavy atom. The molecule has 0 bridgehead atoms. The zero-order valence-electron chi connectivity index (χ0n) is 15.0. The molecule has 0 aliphatic carbocycles. The minimum absolute atomic E-state index is 0.107. The first-order valence-electron chi connectivity index (χ1n) is 8.28. The minimum Gasteiger partial charge on any atom is -0.301 e. The lowest BCUT2D eigenvalue weighted by molar-refractivity contribution is -0.113. The number of thiazole rings is 2. The largest absolute Gasteiger partial charge is 0.301 e. The number of nitrogens with zero attached hydrogens (tertiary/aromatic N) is 4. The summed E-state index contributed by atoms with van der Waals surface area (Å²) in [5.41, 5.74) is 2.64. The van der Waals surface area contributed by atoms with Crippen LogP contribution in [0.2, 0.25) is 0 Å². The lowest BCUT2D eigenvalue weighted by Gasteiger charge is -2.02. The van der Waals surface area contributed by atoms with Crippen LogP contribution in [0.1, 0.15) is 11.4 Å². The van der Waals surface area contributed by atoms with Gasteiger partial charge in [0.05, 0.1) is 26.9 Å². The van der Waals surface area contributed by atoms with Crippen LogP contribution in [0.25, 0.3) is 20.5 Å². The predicted octanol–water partition coefficient (Wildman–Crippen LogP) is 5.13. The Morgan fingerprint density at radius 1 is 1.14 bits per heavy atom. The molecule has 0 spiro atoms. The average molecular weight is 446 g/mol. The van der Waals surface area contributed by atoms with E-state index < -0.39 is 0 Å². The van der Waals surface area contributed by atoms with Crippen LogP contribution < -0.4 is 5.32 Å². The zero-order valence-corrected chi connectivity index (χ0v) is 18.3. The van der Waals surface area contributed by atoms with Crippen molar-refractivity contribution in [1.29, 1.82) is 0 Å². The molecule has 0 unspecified atom stereocenters. The van der Waals surface area contributed by atoms with E-state index in [4.69, 9.17) is 0 Å². The molecule has 1 N–H and O–H groups in total. The maximum atomic E-state index is 12.0. The number of hydrogen-bond acceptors (Lipinski definition) is 9. The number of thiophene rings is 1. The number of aromatic nitrogens is 4. The van der Waals surface area contributed by atoms with Crippen LogP contribution in [-0.2, 0) is 4.79 Å². The second-order valence-corrected chi connectivity index (χ2v) is 9.60. The first kappa shape index (κ1) is 19.2. The van der Waals surface area contributed by atoms with Gasteiger partial charge in [0.25, 0.3) is 0 Å². The average Bonchev–Trinajstić information content (AvgIpc) is 3.42. The second-order valence-electron chi connectivity index (χ2n) is 5.80. The molecule has 6 nitrogen and oxygen atoms in total. The number of nitrogens with one attached hydrogen (secondary N) is 1. The molecule has 0 aliphatic heterocycles. The normalized spacial score (nSPS) is 10.9. The SMILES string of the molecule is Cc1csc(NC(=O)CSc2ccc(-c3sc(-c4cccs4)nc3C)nn2)n1. The van der Waals surface area contributed by atoms with E-state index in [0.717, 1.165) is 31.8 Å². The summed E-state index contributed by atoms with van der Waals surface area (Å²) in [6, 6.07) is 7.90. The van der Waals surface area contributed by atoms with Gasteiger partial charge < -0.3 is 5.32 Å². The van der Waals surface area contributed by atoms with Crippen LogP contribution in [0.15, 0.2) is 40.1 Å². The molecule has 4 aromatic heterocycles. The molecule has 0 fully saturated rings. The second kappa shape index (κ2) is 8.48. The highest BCUT2D eigenvalue weighted by atomic mass is 32.2. The molecule has 4 heterocycles. The highest BCUT2D eigenvalue weighted by Gasteiger charge is 2.14. The summed E-state index contributed by atoms with van der Waals surface area (Å²) in [5.74, 6) is 0.151. The number of hydrogen-bond donors (Lipinski definition) is 1. The van der Waals surface area contributed by atoms with E-state index >= 15 is 0 Å². The summed E-state index contributed by atoms with van der Waals surface area (Å²) >= 11 is 6.06. The molecular formula is C18H15N5OS4. The maximum Gasteiger partial charge on any atom is 0.236 e. The van der Waals surface area contributed by atoms with Crippen molar-refractivity contribution in [1.82, 2.24) is 20.2 Å². The first-order chi connectivity index (χ1) is 13.6. The van der Waals surface area contributed by atoms with Crippen LogP contribution in [0.5, 0.6) is 0 Å². The Morgan fingerprint density at radius 3 is 2.71 bits per heavy atom. The van der Waals surface area contributed by atoms with Crippen molar-refractivity contribution >= 4 is 56.8 Å². The van der Waals surface area contributed by atoms with E-state index in [0.29, 0.717) is 10.2 Å². The fourth-order valence-electron chi connectivity index (χ4n) is 2.36. The quantitative estimate of drug-likeness (QED) is 0.414. The van der Waals surface area contributed by atoms with Crippen molar-refractivity contribution in [3.8, 4) is 20.5 Å². The van der Waals surface area contributed by atoms with Crippen LogP contribution in [0, 0.1) is 13.8 Å². The van der Waals surface area contributed by atoms with Crippen molar-refractivity contribution in [2.75, 3.05) is 11.1 Å². The summed E-state index contributed by atoms with van der Waals surface area (Å²) in [5, 5.41) is 17.6. The van der Waals surface area contributed by atoms with Gasteiger partial charge in [0.15, 0.2) is 5.13 Å². The van der Waals surface area contributed by atoms with Gasteiger partial charge in [-0.2, -0.15) is 0 Å². The monoisotopic (exact) mass is 445 g/mol. The highest BCUT2D eigenvalue weighted by molar-refractivity contribution is 7.99. The van der Waals surface area contributed by atoms with Crippen LogP contribution in [-0.4, -0.2) is 31.8 Å². The number of carbonyl (C=O) groups excluding carboxylic acids is 1. The predicted molar refractivity (Wildman–Crippen MR) is 117 cm³/mol. The van der Waals surface area contributed by atoms with E-state index in [-0.39, 0.29) is 11.7 Å². The van der Waals surface area contributed by atoms with E-state index in [1.54, 1.807) is 22.7 Å². The van der Waals surface area contributed by atoms with Crippen LogP contribution >= 0.6 is 45.8 Å². The van der Waals surface area contributed by atoms with Crippen molar-refractivity contribution in [3.63, 3.8) is 0 Å². The van der Waals surface area contributed by atoms with Gasteiger partial charge in [-0.15, -0.1) is 44.2 Å². The summed E-state index contributed by atoms with van der Waals surface area (Å²) < 4.78 is 0. The Bertz CT molecular complexity index is 1090. The van der Waals surface area contributed by atoms with Gasteiger partial charge in [-0.3, -0.25) is 4.79 Å². The topological polar surface area (TPSA) is 80.7 Å². The van der Waals surface area contributed by atoms with Crippen molar-refractivity contribution in [3.05, 3.63) is 46.4 Å². The molecule has 1 amide bonds. The Hall–Kier alpha value is -2.14. The first-order valence-corrected chi connectivity index (χ1v) is 11.8. The highest BCUT2D eigenvalue weighted by Crippen LogP contribution is 2.36. The third kappa shape index (κ3) is 4.46. The summed E-state index contributed by atoms with van der Waals surface area (Å²) in [6.07, 6.45) is 0. The fourth-order valence-corrected chi connectivity index (χ4v) is 5.51. The van der Waals surface area contributed by atoms with E-state index in [2.05, 4.69) is 31.5 Å². The van der Waals surface area contributed by atoms with Gasteiger partial charge in [0, 0.05) is 5.38 Å². The van der Waals surface area contributed by atoms with Gasteiger partial charge in [0.1, 0.15) is 15.7 Å². The lowest BCUT2D eigenvalue weighted by Crippen LogP contribution is -2.14. The number of rotatable bonds is 6. The molecule has 0 radical (unpaired) electrons. The summed E-state index contributed by atoms with van der Waals surface area (Å²) in [6.45, 7) is 3.88. The third-order valence-corrected chi connectivity index (χ3v) is 7.63. The molecule has 0 aromatic carbocycles. The standard InChI is InChI=1S/C18H15N5OS4/c1-10-8-27-18(19-10)21-14(24)9-26-15-6-5-12(22-23-15)16-11(2)20-17(28-16)13-4-3-7-25-13/h3-8H,9H2,1-2H3,(H,19,21,24). The summed E-state index contributed by atoms with van der Waals surface area (Å²) in [4.78, 5) is 23.1. The molecule has 4 rings (SSSR count).